The summed E-state index contributed by atoms with van der Waals surface area (Å²) in [5.41, 5.74) is 5.50. The lowest BCUT2D eigenvalue weighted by molar-refractivity contribution is -0.143. The summed E-state index contributed by atoms with van der Waals surface area (Å²) in [5, 5.41) is 15.1. The number of fused-ring (bicyclic) bond motifs is 2. The van der Waals surface area contributed by atoms with Crippen molar-refractivity contribution in [1.29, 1.82) is 0 Å². The van der Waals surface area contributed by atoms with Gasteiger partial charge in [-0.1, -0.05) is 29.8 Å². The number of likely N-dealkylation sites (tertiary alicyclic amines) is 1. The molecule has 2 heterocycles. The van der Waals surface area contributed by atoms with E-state index >= 15 is 0 Å². The van der Waals surface area contributed by atoms with Crippen LogP contribution in [0.4, 0.5) is 0 Å². The molecule has 3 aromatic rings. The number of alkyl halides is 1. The minimum Gasteiger partial charge on any atom is -0.489 e. The van der Waals surface area contributed by atoms with Crippen molar-refractivity contribution < 1.29 is 14.6 Å². The second kappa shape index (κ2) is 10.4. The number of hydrogen-bond acceptors (Lipinski definition) is 4. The number of ether oxygens (including phenoxy) is 1. The number of carboxylic acids is 1. The molecule has 0 spiro atoms. The Morgan fingerprint density at radius 1 is 1.17 bits per heavy atom. The van der Waals surface area contributed by atoms with Crippen molar-refractivity contribution in [3.8, 4) is 5.75 Å². The first-order valence-corrected chi connectivity index (χ1v) is 13.4. The van der Waals surface area contributed by atoms with Gasteiger partial charge in [0.2, 0.25) is 0 Å². The van der Waals surface area contributed by atoms with Crippen molar-refractivity contribution in [3.63, 3.8) is 0 Å². The number of carboxylic acid groups (broad SMARTS) is 1. The summed E-state index contributed by atoms with van der Waals surface area (Å²) in [6.45, 7) is 6.07. The maximum Gasteiger partial charge on any atom is 0.306 e. The first-order valence-electron chi connectivity index (χ1n) is 12.5. The van der Waals surface area contributed by atoms with E-state index in [-0.39, 0.29) is 17.5 Å². The lowest BCUT2D eigenvalue weighted by atomic mass is 9.90. The fraction of sp³-hybridized carbons (Fsp3) is 0.429. The highest BCUT2D eigenvalue weighted by atomic mass is 35.5. The highest BCUT2D eigenvalue weighted by Crippen LogP contribution is 2.33. The van der Waals surface area contributed by atoms with E-state index in [1.165, 1.54) is 16.7 Å². The Morgan fingerprint density at radius 3 is 2.67 bits per heavy atom. The molecule has 0 bridgehead atoms. The minimum absolute atomic E-state index is 0.189. The predicted molar refractivity (Wildman–Crippen MR) is 144 cm³/mol. The summed E-state index contributed by atoms with van der Waals surface area (Å²) >= 11 is 13.2. The number of aliphatic carboxylic acids is 1. The Hall–Kier alpha value is -2.54. The SMILES string of the molecule is CC(C)n1nc(Cl)c2cc(COc3ccc4c(c3)CCC(C(Cl)N3CCC(C(=O)O)CC3)=C4)ccc21. The number of piperidine rings is 1. The molecule has 1 N–H and O–H groups in total. The van der Waals surface area contributed by atoms with Crippen LogP contribution in [0.1, 0.15) is 55.8 Å². The molecule has 190 valence electrons. The quantitative estimate of drug-likeness (QED) is 0.279. The zero-order chi connectivity index (χ0) is 25.4. The number of halogens is 2. The second-order valence-electron chi connectivity index (χ2n) is 10.0. The Morgan fingerprint density at radius 2 is 1.94 bits per heavy atom. The second-order valence-corrected chi connectivity index (χ2v) is 10.8. The van der Waals surface area contributed by atoms with Crippen LogP contribution in [0.3, 0.4) is 0 Å². The fourth-order valence-corrected chi connectivity index (χ4v) is 5.78. The number of aryl methyl sites for hydroxylation is 1. The van der Waals surface area contributed by atoms with E-state index in [0.717, 1.165) is 48.1 Å². The molecule has 0 amide bonds. The summed E-state index contributed by atoms with van der Waals surface area (Å²) < 4.78 is 8.07. The lowest BCUT2D eigenvalue weighted by Crippen LogP contribution is -2.41. The summed E-state index contributed by atoms with van der Waals surface area (Å²) in [5.74, 6) is -0.106. The van der Waals surface area contributed by atoms with E-state index < -0.39 is 5.97 Å². The van der Waals surface area contributed by atoms with Gasteiger partial charge in [-0.05, 0) is 86.1 Å². The number of hydrogen-bond donors (Lipinski definition) is 1. The Labute approximate surface area is 221 Å². The Bertz CT molecular complexity index is 1310. The molecule has 1 aliphatic carbocycles. The van der Waals surface area contributed by atoms with Crippen molar-refractivity contribution in [2.24, 2.45) is 5.92 Å². The molecule has 1 aliphatic heterocycles. The molecule has 1 saturated heterocycles. The topological polar surface area (TPSA) is 67.6 Å². The molecule has 0 saturated carbocycles. The van der Waals surface area contributed by atoms with E-state index in [1.807, 2.05) is 10.7 Å². The van der Waals surface area contributed by atoms with E-state index in [9.17, 15) is 9.90 Å². The third kappa shape index (κ3) is 5.13. The summed E-state index contributed by atoms with van der Waals surface area (Å²) in [6, 6.07) is 12.6. The van der Waals surface area contributed by atoms with Crippen molar-refractivity contribution >= 4 is 46.2 Å². The van der Waals surface area contributed by atoms with E-state index in [2.05, 4.69) is 60.3 Å². The molecule has 0 radical (unpaired) electrons. The molecule has 1 unspecified atom stereocenters. The monoisotopic (exact) mass is 527 g/mol. The molecule has 5 rings (SSSR count). The van der Waals surface area contributed by atoms with Gasteiger partial charge in [0.1, 0.15) is 17.9 Å². The predicted octanol–water partition coefficient (Wildman–Crippen LogP) is 6.54. The van der Waals surface area contributed by atoms with Crippen LogP contribution < -0.4 is 4.74 Å². The van der Waals surface area contributed by atoms with Crippen LogP contribution in [-0.2, 0) is 17.8 Å². The third-order valence-corrected chi connectivity index (χ3v) is 8.10. The molecule has 36 heavy (non-hydrogen) atoms. The van der Waals surface area contributed by atoms with Gasteiger partial charge in [0.15, 0.2) is 5.15 Å². The van der Waals surface area contributed by atoms with Gasteiger partial charge >= 0.3 is 5.97 Å². The molecule has 2 aliphatic rings. The summed E-state index contributed by atoms with van der Waals surface area (Å²) in [6.07, 6.45) is 5.29. The van der Waals surface area contributed by atoms with Crippen molar-refractivity contribution in [2.45, 2.75) is 57.7 Å². The summed E-state index contributed by atoms with van der Waals surface area (Å²) in [7, 11) is 0. The third-order valence-electron chi connectivity index (χ3n) is 7.26. The minimum atomic E-state index is -0.698. The molecule has 8 heteroatoms. The zero-order valence-electron chi connectivity index (χ0n) is 20.6. The first kappa shape index (κ1) is 25.1. The average Bonchev–Trinajstić information content (AvgIpc) is 3.22. The van der Waals surface area contributed by atoms with Crippen LogP contribution in [0, 0.1) is 5.92 Å². The van der Waals surface area contributed by atoms with Gasteiger partial charge in [-0.25, -0.2) is 0 Å². The van der Waals surface area contributed by atoms with Gasteiger partial charge in [-0.3, -0.25) is 14.4 Å². The maximum atomic E-state index is 11.2. The van der Waals surface area contributed by atoms with Crippen LogP contribution in [0.25, 0.3) is 17.0 Å². The van der Waals surface area contributed by atoms with Crippen molar-refractivity contribution in [2.75, 3.05) is 13.1 Å². The average molecular weight is 528 g/mol. The van der Waals surface area contributed by atoms with Crippen molar-refractivity contribution in [1.82, 2.24) is 14.7 Å². The Balaban J connectivity index is 1.24. The van der Waals surface area contributed by atoms with Gasteiger partial charge in [-0.15, -0.1) is 11.6 Å². The summed E-state index contributed by atoms with van der Waals surface area (Å²) in [4.78, 5) is 13.4. The normalized spacial score (nSPS) is 17.8. The van der Waals surface area contributed by atoms with Gasteiger partial charge in [0, 0.05) is 24.5 Å². The Kier molecular flexibility index (Phi) is 7.29. The van der Waals surface area contributed by atoms with E-state index in [1.54, 1.807) is 0 Å². The molecule has 1 fully saturated rings. The van der Waals surface area contributed by atoms with E-state index in [4.69, 9.17) is 27.9 Å². The molecule has 1 aromatic heterocycles. The van der Waals surface area contributed by atoms with Crippen LogP contribution in [0.15, 0.2) is 42.0 Å². The number of aromatic nitrogens is 2. The number of rotatable bonds is 7. The highest BCUT2D eigenvalue weighted by molar-refractivity contribution is 6.34. The van der Waals surface area contributed by atoms with Crippen LogP contribution in [-0.4, -0.2) is 44.3 Å². The molecule has 1 atom stereocenters. The van der Waals surface area contributed by atoms with Crippen LogP contribution >= 0.6 is 23.2 Å². The van der Waals surface area contributed by atoms with E-state index in [0.29, 0.717) is 24.6 Å². The maximum absolute atomic E-state index is 11.2. The van der Waals surface area contributed by atoms with Gasteiger partial charge in [0.25, 0.3) is 0 Å². The largest absolute Gasteiger partial charge is 0.489 e. The smallest absolute Gasteiger partial charge is 0.306 e. The lowest BCUT2D eigenvalue weighted by Gasteiger charge is -2.35. The highest BCUT2D eigenvalue weighted by Gasteiger charge is 2.30. The number of carbonyl (C=O) groups is 1. The molecule has 2 aromatic carbocycles. The first-order chi connectivity index (χ1) is 17.3. The zero-order valence-corrected chi connectivity index (χ0v) is 22.1. The van der Waals surface area contributed by atoms with Gasteiger partial charge < -0.3 is 9.84 Å². The molecular formula is C28H31Cl2N3O3. The van der Waals surface area contributed by atoms with Gasteiger partial charge in [0.05, 0.1) is 11.4 Å². The number of nitrogens with zero attached hydrogens (tertiary/aromatic N) is 3. The van der Waals surface area contributed by atoms with Crippen LogP contribution in [0.2, 0.25) is 5.15 Å². The van der Waals surface area contributed by atoms with Crippen LogP contribution in [0.5, 0.6) is 5.75 Å². The fourth-order valence-electron chi connectivity index (χ4n) is 5.18. The molecular weight excluding hydrogens is 497 g/mol. The standard InChI is InChI=1S/C28H31Cl2N3O3/c1-17(2)33-25-8-3-18(13-24(25)26(29)31-33)16-36-23-7-6-20-14-22(5-4-21(20)15-23)27(30)32-11-9-19(10-12-32)28(34)35/h3,6-8,13-15,17,19,27H,4-5,9-12,16H2,1-2H3,(H,34,35). The van der Waals surface area contributed by atoms with Gasteiger partial charge in [-0.2, -0.15) is 5.10 Å². The van der Waals surface area contributed by atoms with Crippen molar-refractivity contribution in [3.05, 3.63) is 63.8 Å². The number of benzene rings is 2. The molecule has 6 nitrogen and oxygen atoms in total.